The van der Waals surface area contributed by atoms with Gasteiger partial charge in [0.2, 0.25) is 0 Å². The van der Waals surface area contributed by atoms with E-state index in [9.17, 15) is 9.90 Å². The average Bonchev–Trinajstić information content (AvgIpc) is 2.44. The average molecular weight is 286 g/mol. The van der Waals surface area contributed by atoms with Crippen LogP contribution in [0.1, 0.15) is 90.4 Å². The van der Waals surface area contributed by atoms with E-state index in [0.717, 1.165) is 12.8 Å². The summed E-state index contributed by atoms with van der Waals surface area (Å²) in [4.78, 5) is 10.9. The lowest BCUT2D eigenvalue weighted by molar-refractivity contribution is -0.142. The topological polar surface area (TPSA) is 46.5 Å². The van der Waals surface area contributed by atoms with Gasteiger partial charge in [0.15, 0.2) is 0 Å². The molecule has 0 aliphatic heterocycles. The maximum atomic E-state index is 10.9. The Morgan fingerprint density at radius 3 is 1.80 bits per heavy atom. The number of carbonyl (C=O) groups excluding carboxylic acids is 1. The van der Waals surface area contributed by atoms with E-state index >= 15 is 0 Å². The number of carbonyl (C=O) groups is 1. The van der Waals surface area contributed by atoms with Gasteiger partial charge < -0.3 is 9.84 Å². The van der Waals surface area contributed by atoms with Gasteiger partial charge in [-0.15, -0.1) is 0 Å². The number of rotatable bonds is 14. The lowest BCUT2D eigenvalue weighted by Gasteiger charge is -2.08. The van der Waals surface area contributed by atoms with Crippen molar-refractivity contribution in [1.29, 1.82) is 0 Å². The molecule has 0 aromatic rings. The number of ether oxygens (including phenoxy) is 1. The maximum Gasteiger partial charge on any atom is 0.308 e. The number of aliphatic hydroxyl groups excluding tert-OH is 1. The van der Waals surface area contributed by atoms with Gasteiger partial charge in [-0.1, -0.05) is 77.6 Å². The first-order chi connectivity index (χ1) is 9.70. The molecule has 1 atom stereocenters. The molecular formula is C17H34O3. The molecule has 0 fully saturated rings. The van der Waals surface area contributed by atoms with Crippen molar-refractivity contribution in [1.82, 2.24) is 0 Å². The fraction of sp³-hybridized carbons (Fsp3) is 0.941. The standard InChI is InChI=1S/C17H34O3/c1-3-4-5-6-7-8-9-10-11-12-13-14-16(18)15-17(19)20-2/h16,18H,3-15H2,1-2H3/t16-/m0/s1. The summed E-state index contributed by atoms with van der Waals surface area (Å²) in [5.41, 5.74) is 0. The van der Waals surface area contributed by atoms with Gasteiger partial charge in [-0.3, -0.25) is 4.79 Å². The van der Waals surface area contributed by atoms with Crippen LogP contribution in [0.3, 0.4) is 0 Å². The van der Waals surface area contributed by atoms with Crippen molar-refractivity contribution in [2.24, 2.45) is 0 Å². The van der Waals surface area contributed by atoms with E-state index in [1.54, 1.807) is 0 Å². The first-order valence-electron chi connectivity index (χ1n) is 8.45. The van der Waals surface area contributed by atoms with Crippen molar-refractivity contribution in [2.45, 2.75) is 96.5 Å². The quantitative estimate of drug-likeness (QED) is 0.374. The molecule has 120 valence electrons. The van der Waals surface area contributed by atoms with Crippen LogP contribution in [0.25, 0.3) is 0 Å². The molecule has 0 radical (unpaired) electrons. The summed E-state index contributed by atoms with van der Waals surface area (Å²) in [6.45, 7) is 2.25. The van der Waals surface area contributed by atoms with E-state index in [4.69, 9.17) is 0 Å². The summed E-state index contributed by atoms with van der Waals surface area (Å²) in [7, 11) is 1.36. The van der Waals surface area contributed by atoms with Gasteiger partial charge in [0.1, 0.15) is 0 Å². The molecule has 0 aromatic carbocycles. The summed E-state index contributed by atoms with van der Waals surface area (Å²) >= 11 is 0. The predicted molar refractivity (Wildman–Crippen MR) is 83.7 cm³/mol. The van der Waals surface area contributed by atoms with Crippen LogP contribution in [0.2, 0.25) is 0 Å². The normalized spacial score (nSPS) is 12.3. The lowest BCUT2D eigenvalue weighted by atomic mass is 10.0. The van der Waals surface area contributed by atoms with Gasteiger partial charge in [0, 0.05) is 0 Å². The van der Waals surface area contributed by atoms with Crippen molar-refractivity contribution < 1.29 is 14.6 Å². The minimum Gasteiger partial charge on any atom is -0.469 e. The molecule has 0 amide bonds. The Labute approximate surface area is 125 Å². The number of methoxy groups -OCH3 is 1. The first kappa shape index (κ1) is 19.4. The van der Waals surface area contributed by atoms with Gasteiger partial charge in [-0.25, -0.2) is 0 Å². The third kappa shape index (κ3) is 13.9. The molecular weight excluding hydrogens is 252 g/mol. The Bertz CT molecular complexity index is 216. The molecule has 0 heterocycles. The highest BCUT2D eigenvalue weighted by Crippen LogP contribution is 2.13. The van der Waals surface area contributed by atoms with Crippen LogP contribution in [-0.4, -0.2) is 24.3 Å². The van der Waals surface area contributed by atoms with E-state index in [0.29, 0.717) is 6.42 Å². The third-order valence-corrected chi connectivity index (χ3v) is 3.77. The minimum atomic E-state index is -0.527. The number of hydrogen-bond acceptors (Lipinski definition) is 3. The molecule has 0 bridgehead atoms. The van der Waals surface area contributed by atoms with Crippen LogP contribution < -0.4 is 0 Å². The number of aliphatic hydroxyl groups is 1. The molecule has 0 spiro atoms. The summed E-state index contributed by atoms with van der Waals surface area (Å²) < 4.78 is 4.53. The second-order valence-corrected chi connectivity index (χ2v) is 5.76. The molecule has 0 aromatic heterocycles. The molecule has 0 saturated carbocycles. The second kappa shape index (κ2) is 14.8. The fourth-order valence-corrected chi connectivity index (χ4v) is 2.42. The van der Waals surface area contributed by atoms with Crippen molar-refractivity contribution in [3.05, 3.63) is 0 Å². The van der Waals surface area contributed by atoms with Gasteiger partial charge in [-0.2, -0.15) is 0 Å². The van der Waals surface area contributed by atoms with Crippen LogP contribution in [-0.2, 0) is 9.53 Å². The van der Waals surface area contributed by atoms with Gasteiger partial charge in [0.25, 0.3) is 0 Å². The van der Waals surface area contributed by atoms with E-state index in [1.807, 2.05) is 0 Å². The number of hydrogen-bond donors (Lipinski definition) is 1. The molecule has 0 rings (SSSR count). The highest BCUT2D eigenvalue weighted by Gasteiger charge is 2.09. The highest BCUT2D eigenvalue weighted by molar-refractivity contribution is 5.69. The Hall–Kier alpha value is -0.570. The predicted octanol–water partition coefficient (Wildman–Crippen LogP) is 4.61. The summed E-state index contributed by atoms with van der Waals surface area (Å²) in [6.07, 6.45) is 14.6. The minimum absolute atomic E-state index is 0.133. The van der Waals surface area contributed by atoms with E-state index in [2.05, 4.69) is 11.7 Å². The molecule has 0 saturated heterocycles. The Kier molecular flexibility index (Phi) is 14.4. The molecule has 0 aliphatic rings. The van der Waals surface area contributed by atoms with Crippen molar-refractivity contribution in [3.63, 3.8) is 0 Å². The molecule has 0 aliphatic carbocycles. The fourth-order valence-electron chi connectivity index (χ4n) is 2.42. The smallest absolute Gasteiger partial charge is 0.308 e. The SMILES string of the molecule is CCCCCCCCCCCCC[C@H](O)CC(=O)OC. The van der Waals surface area contributed by atoms with Crippen LogP contribution in [0.4, 0.5) is 0 Å². The van der Waals surface area contributed by atoms with E-state index in [1.165, 1.54) is 64.9 Å². The number of esters is 1. The summed E-state index contributed by atoms with van der Waals surface area (Å²) in [6, 6.07) is 0. The summed E-state index contributed by atoms with van der Waals surface area (Å²) in [5, 5.41) is 9.59. The molecule has 1 N–H and O–H groups in total. The number of unbranched alkanes of at least 4 members (excludes halogenated alkanes) is 10. The summed E-state index contributed by atoms with van der Waals surface area (Å²) in [5.74, 6) is -0.319. The van der Waals surface area contributed by atoms with Crippen molar-refractivity contribution in [3.8, 4) is 0 Å². The third-order valence-electron chi connectivity index (χ3n) is 3.77. The largest absolute Gasteiger partial charge is 0.469 e. The van der Waals surface area contributed by atoms with Gasteiger partial charge in [-0.05, 0) is 6.42 Å². The highest BCUT2D eigenvalue weighted by atomic mass is 16.5. The molecule has 3 nitrogen and oxygen atoms in total. The van der Waals surface area contributed by atoms with Crippen LogP contribution in [0.5, 0.6) is 0 Å². The van der Waals surface area contributed by atoms with Gasteiger partial charge in [0.05, 0.1) is 19.6 Å². The zero-order valence-corrected chi connectivity index (χ0v) is 13.5. The first-order valence-corrected chi connectivity index (χ1v) is 8.45. The second-order valence-electron chi connectivity index (χ2n) is 5.76. The Balaban J connectivity index is 3.14. The van der Waals surface area contributed by atoms with Gasteiger partial charge >= 0.3 is 5.97 Å². The van der Waals surface area contributed by atoms with E-state index in [-0.39, 0.29) is 12.4 Å². The molecule has 20 heavy (non-hydrogen) atoms. The van der Waals surface area contributed by atoms with Crippen LogP contribution in [0, 0.1) is 0 Å². The zero-order valence-electron chi connectivity index (χ0n) is 13.5. The van der Waals surface area contributed by atoms with E-state index < -0.39 is 6.10 Å². The maximum absolute atomic E-state index is 10.9. The van der Waals surface area contributed by atoms with Crippen LogP contribution in [0.15, 0.2) is 0 Å². The van der Waals surface area contributed by atoms with Crippen molar-refractivity contribution in [2.75, 3.05) is 7.11 Å². The zero-order chi connectivity index (χ0) is 15.1. The molecule has 3 heteroatoms. The van der Waals surface area contributed by atoms with Crippen LogP contribution >= 0.6 is 0 Å². The lowest BCUT2D eigenvalue weighted by Crippen LogP contribution is -2.14. The van der Waals surface area contributed by atoms with Crippen molar-refractivity contribution >= 4 is 5.97 Å². The Morgan fingerprint density at radius 2 is 1.35 bits per heavy atom. The Morgan fingerprint density at radius 1 is 0.900 bits per heavy atom. The molecule has 0 unspecified atom stereocenters. The monoisotopic (exact) mass is 286 g/mol.